The number of aromatic carboxylic acids is 2. The van der Waals surface area contributed by atoms with E-state index in [4.69, 9.17) is 11.6 Å². The normalized spacial score (nSPS) is 16.6. The van der Waals surface area contributed by atoms with Gasteiger partial charge in [-0.2, -0.15) is 8.61 Å². The Hall–Kier alpha value is -7.79. The number of aromatic hydroxyl groups is 2. The Labute approximate surface area is 492 Å². The van der Waals surface area contributed by atoms with E-state index in [1.54, 1.807) is 30.5 Å². The third-order valence-corrected chi connectivity index (χ3v) is 19.5. The molecule has 9 rings (SSSR count). The summed E-state index contributed by atoms with van der Waals surface area (Å²) in [4.78, 5) is 57.7. The number of phenols is 2. The minimum atomic E-state index is -5.32. The van der Waals surface area contributed by atoms with E-state index in [-0.39, 0.29) is 50.0 Å². The number of hydrogen-bond donors (Lipinski definition) is 4. The van der Waals surface area contributed by atoms with Crippen LogP contribution in [0.2, 0.25) is 5.02 Å². The number of sulfonamides is 2. The number of carbonyl (C=O) groups is 4. The molecule has 458 valence electrons. The largest absolute Gasteiger partial charge is 0.507 e. The third-order valence-electron chi connectivity index (χ3n) is 15.2. The fourth-order valence-electron chi connectivity index (χ4n) is 10.1. The number of hydrogen-bond acceptors (Lipinski definition) is 12. The summed E-state index contributed by atoms with van der Waals surface area (Å²) in [5, 5.41) is 38.2. The van der Waals surface area contributed by atoms with Gasteiger partial charge < -0.3 is 30.2 Å². The van der Waals surface area contributed by atoms with Gasteiger partial charge in [0.1, 0.15) is 40.5 Å². The zero-order chi connectivity index (χ0) is 63.2. The molecule has 3 aliphatic rings. The van der Waals surface area contributed by atoms with Crippen LogP contribution in [0.4, 0.5) is 46.5 Å². The van der Waals surface area contributed by atoms with Gasteiger partial charge in [0.25, 0.3) is 0 Å². The van der Waals surface area contributed by atoms with E-state index in [9.17, 15) is 87.2 Å². The topological polar surface area (TPSA) is 256 Å². The van der Waals surface area contributed by atoms with Crippen molar-refractivity contribution in [2.45, 2.75) is 119 Å². The molecule has 18 nitrogen and oxygen atoms in total. The molecule has 3 fully saturated rings. The van der Waals surface area contributed by atoms with Crippen LogP contribution in [0.3, 0.4) is 0 Å². The van der Waals surface area contributed by atoms with Crippen molar-refractivity contribution in [3.63, 3.8) is 0 Å². The number of halogens is 9. The molecule has 3 heterocycles. The summed E-state index contributed by atoms with van der Waals surface area (Å²) < 4.78 is 171. The van der Waals surface area contributed by atoms with E-state index in [1.807, 2.05) is 13.8 Å². The number of nitrogens with zero attached hydrogens (tertiary/aromatic N) is 6. The van der Waals surface area contributed by atoms with E-state index in [0.29, 0.717) is 38.9 Å². The molecule has 6 aromatic rings. The molecule has 2 atom stereocenters. The maximum absolute atomic E-state index is 15.2. The highest BCUT2D eigenvalue weighted by molar-refractivity contribution is 7.89. The number of amides is 2. The van der Waals surface area contributed by atoms with Gasteiger partial charge in [0.05, 0.1) is 41.4 Å². The van der Waals surface area contributed by atoms with Crippen LogP contribution in [0.15, 0.2) is 76.8 Å². The highest BCUT2D eigenvalue weighted by Crippen LogP contribution is 2.40. The first-order valence-corrected chi connectivity index (χ1v) is 29.7. The molecule has 86 heavy (non-hydrogen) atoms. The van der Waals surface area contributed by atoms with Crippen molar-refractivity contribution in [3.8, 4) is 11.5 Å². The highest BCUT2D eigenvalue weighted by Gasteiger charge is 2.50. The molecule has 2 amide bonds. The molecule has 0 spiro atoms. The molecule has 4 N–H and O–H groups in total. The summed E-state index contributed by atoms with van der Waals surface area (Å²) >= 11 is 5.74. The zero-order valence-corrected chi connectivity index (χ0v) is 48.3. The Morgan fingerprint density at radius 3 is 1.60 bits per heavy atom. The standard InChI is InChI=1S/C29H28ClF3N4O6S.C28H25F5N2O6S/c1-15-23(30)25(32)27(26(33)24(15)31)44(42,43)37-10-9-21(37)28(39)36(18-7-8-19(29(40)41)22(38)11-18)14-17-12-35-20(13-34-17)16-5-3-2-4-6-16;1-13(2)16-6-4-15(5-7-16)12-34(20-11-21(36)17(28(38)39)10-18(20)29)27(37)19-8-9-35(19)42(40,41)26-24(32)22(30)14(3)23(31)25(26)33/h7-8,11-13,16,21,38H,2-6,9-10,14H2,1H3,(H,40,41);4-7,10-11,13,19,36H,8-9,12H2,1-3H3,(H,38,39)/t21-;19-/m11/s1. The summed E-state index contributed by atoms with van der Waals surface area (Å²) in [6.07, 6.45) is 8.13. The molecule has 1 saturated carbocycles. The summed E-state index contributed by atoms with van der Waals surface area (Å²) in [7, 11) is -10.4. The van der Waals surface area contributed by atoms with Gasteiger partial charge in [0, 0.05) is 54.2 Å². The van der Waals surface area contributed by atoms with E-state index >= 15 is 4.39 Å². The average molecular weight is 1270 g/mol. The average Bonchev–Trinajstić information content (AvgIpc) is 0.760. The first kappa shape index (κ1) is 64.2. The number of aromatic nitrogens is 2. The van der Waals surface area contributed by atoms with E-state index in [1.165, 1.54) is 12.3 Å². The van der Waals surface area contributed by atoms with Crippen LogP contribution < -0.4 is 9.80 Å². The van der Waals surface area contributed by atoms with Crippen molar-refractivity contribution in [2.75, 3.05) is 22.9 Å². The van der Waals surface area contributed by atoms with Crippen LogP contribution in [-0.4, -0.2) is 105 Å². The minimum absolute atomic E-state index is 0.00157. The Balaban J connectivity index is 0.000000224. The molecule has 1 aromatic heterocycles. The Morgan fingerprint density at radius 1 is 0.616 bits per heavy atom. The van der Waals surface area contributed by atoms with Crippen molar-refractivity contribution in [3.05, 3.63) is 163 Å². The van der Waals surface area contributed by atoms with E-state index in [2.05, 4.69) is 9.97 Å². The molecule has 2 saturated heterocycles. The van der Waals surface area contributed by atoms with Crippen molar-refractivity contribution in [1.82, 2.24) is 18.6 Å². The third kappa shape index (κ3) is 12.3. The van der Waals surface area contributed by atoms with Gasteiger partial charge in [-0.05, 0) is 74.8 Å². The number of carbonyl (C=O) groups excluding carboxylic acids is 2. The van der Waals surface area contributed by atoms with Gasteiger partial charge in [-0.15, -0.1) is 0 Å². The first-order chi connectivity index (χ1) is 40.4. The minimum Gasteiger partial charge on any atom is -0.507 e. The second kappa shape index (κ2) is 25.3. The molecular weight excluding hydrogens is 1210 g/mol. The van der Waals surface area contributed by atoms with Gasteiger partial charge >= 0.3 is 11.9 Å². The summed E-state index contributed by atoms with van der Waals surface area (Å²) in [5.74, 6) is -20.8. The monoisotopic (exact) mass is 1260 g/mol. The Morgan fingerprint density at radius 2 is 1.13 bits per heavy atom. The number of benzene rings is 5. The molecule has 29 heteroatoms. The highest BCUT2D eigenvalue weighted by atomic mass is 35.5. The maximum atomic E-state index is 15.2. The van der Waals surface area contributed by atoms with Crippen LogP contribution in [0.5, 0.6) is 11.5 Å². The van der Waals surface area contributed by atoms with Crippen LogP contribution in [0.1, 0.15) is 125 Å². The fraction of sp³-hybridized carbons (Fsp3) is 0.333. The fourth-order valence-corrected chi connectivity index (χ4v) is 13.8. The van der Waals surface area contributed by atoms with Crippen molar-refractivity contribution in [1.29, 1.82) is 0 Å². The molecular formula is C57H53ClF8N6O12S2. The predicted molar refractivity (Wildman–Crippen MR) is 293 cm³/mol. The number of carboxylic acid groups (broad SMARTS) is 2. The Bertz CT molecular complexity index is 3880. The van der Waals surface area contributed by atoms with Crippen LogP contribution in [0.25, 0.3) is 0 Å². The summed E-state index contributed by atoms with van der Waals surface area (Å²) in [6, 6.07) is 8.08. The van der Waals surface area contributed by atoms with Gasteiger partial charge in [-0.3, -0.25) is 19.6 Å². The van der Waals surface area contributed by atoms with E-state index < -0.39 is 163 Å². The van der Waals surface area contributed by atoms with Gasteiger partial charge in [0.15, 0.2) is 50.5 Å². The quantitative estimate of drug-likeness (QED) is 0.0519. The smallest absolute Gasteiger partial charge is 0.339 e. The van der Waals surface area contributed by atoms with Crippen LogP contribution in [-0.2, 0) is 42.7 Å². The molecule has 5 aromatic carbocycles. The van der Waals surface area contributed by atoms with Gasteiger partial charge in [0.2, 0.25) is 31.9 Å². The summed E-state index contributed by atoms with van der Waals surface area (Å²) in [6.45, 7) is 4.17. The predicted octanol–water partition coefficient (Wildman–Crippen LogP) is 10.5. The Kier molecular flexibility index (Phi) is 18.9. The molecule has 0 radical (unpaired) electrons. The second-order valence-electron chi connectivity index (χ2n) is 20.9. The first-order valence-electron chi connectivity index (χ1n) is 26.4. The van der Waals surface area contributed by atoms with Crippen molar-refractivity contribution >= 4 is 66.8 Å². The lowest BCUT2D eigenvalue weighted by Gasteiger charge is -2.41. The van der Waals surface area contributed by atoms with Gasteiger partial charge in [-0.25, -0.2) is 61.5 Å². The number of anilines is 2. The second-order valence-corrected chi connectivity index (χ2v) is 24.9. The molecule has 0 bridgehead atoms. The van der Waals surface area contributed by atoms with Crippen LogP contribution >= 0.6 is 11.6 Å². The lowest BCUT2D eigenvalue weighted by molar-refractivity contribution is -0.125. The van der Waals surface area contributed by atoms with E-state index in [0.717, 1.165) is 72.2 Å². The zero-order valence-electron chi connectivity index (χ0n) is 45.9. The maximum Gasteiger partial charge on any atom is 0.339 e. The van der Waals surface area contributed by atoms with Crippen molar-refractivity contribution in [2.24, 2.45) is 0 Å². The number of carboxylic acids is 2. The lowest BCUT2D eigenvalue weighted by Crippen LogP contribution is -2.59. The molecule has 2 aliphatic heterocycles. The van der Waals surface area contributed by atoms with Crippen molar-refractivity contribution < 1.29 is 91.6 Å². The molecule has 0 unspecified atom stereocenters. The molecule has 1 aliphatic carbocycles. The lowest BCUT2D eigenvalue weighted by atomic mass is 9.87. The van der Waals surface area contributed by atoms with Crippen LogP contribution in [0, 0.1) is 60.4 Å². The summed E-state index contributed by atoms with van der Waals surface area (Å²) in [5.41, 5.74) is -1.05. The number of rotatable bonds is 16. The van der Waals surface area contributed by atoms with Gasteiger partial charge in [-0.1, -0.05) is 69.0 Å². The SMILES string of the molecule is Cc1c(F)c(F)c(S(=O)(=O)N2CC[C@@H]2C(=O)N(Cc2ccc(C(C)C)cc2)c2cc(O)c(C(=O)O)cc2F)c(F)c1F.Cc1c(F)c(F)c(S(=O)(=O)N2CC[C@@H]2C(=O)N(Cc2cnc(C3CCCCC3)cn2)c2ccc(C(=O)O)c(O)c2)c(F)c1Cl.